The minimum absolute atomic E-state index is 0.657. The molecule has 1 aromatic carbocycles. The fourth-order valence-electron chi connectivity index (χ4n) is 3.08. The predicted molar refractivity (Wildman–Crippen MR) is 86.8 cm³/mol. The van der Waals surface area contributed by atoms with Gasteiger partial charge in [0.2, 0.25) is 5.89 Å². The third kappa shape index (κ3) is 4.08. The molecule has 22 heavy (non-hydrogen) atoms. The maximum Gasteiger partial charge on any atom is 0.223 e. The molecule has 0 radical (unpaired) electrons. The molecule has 3 rings (SSSR count). The molecule has 0 bridgehead atoms. The molecule has 0 amide bonds. The average Bonchev–Trinajstić information content (AvgIpc) is 2.94. The van der Waals surface area contributed by atoms with Crippen LogP contribution in [0, 0.1) is 12.8 Å². The topological polar surface area (TPSA) is 42.2 Å². The van der Waals surface area contributed by atoms with Crippen LogP contribution in [0.3, 0.4) is 0 Å². The summed E-state index contributed by atoms with van der Waals surface area (Å²) in [5.41, 5.74) is 1.23. The Kier molecular flexibility index (Phi) is 5.11. The van der Waals surface area contributed by atoms with Gasteiger partial charge in [0.15, 0.2) is 5.82 Å². The highest BCUT2D eigenvalue weighted by molar-refractivity contribution is 6.31. The van der Waals surface area contributed by atoms with Crippen LogP contribution < -0.4 is 0 Å². The first kappa shape index (κ1) is 15.5. The van der Waals surface area contributed by atoms with Crippen LogP contribution in [0.25, 0.3) is 0 Å². The second kappa shape index (κ2) is 7.25. The average molecular weight is 320 g/mol. The number of hydrogen-bond donors (Lipinski definition) is 0. The number of hydrogen-bond acceptors (Lipinski definition) is 4. The van der Waals surface area contributed by atoms with E-state index in [1.54, 1.807) is 0 Å². The molecular weight excluding hydrogens is 298 g/mol. The lowest BCUT2D eigenvalue weighted by molar-refractivity contribution is 0.172. The van der Waals surface area contributed by atoms with Gasteiger partial charge in [-0.3, -0.25) is 4.90 Å². The molecule has 118 valence electrons. The summed E-state index contributed by atoms with van der Waals surface area (Å²) in [6.07, 6.45) is 4.55. The number of nitrogens with zero attached hydrogens (tertiary/aromatic N) is 3. The summed E-state index contributed by atoms with van der Waals surface area (Å²) >= 11 is 6.24. The Balaban J connectivity index is 1.43. The first-order valence-corrected chi connectivity index (χ1v) is 8.33. The van der Waals surface area contributed by atoms with Gasteiger partial charge in [-0.25, -0.2) is 0 Å². The van der Waals surface area contributed by atoms with Crippen LogP contribution in [0.5, 0.6) is 0 Å². The molecule has 2 heterocycles. The van der Waals surface area contributed by atoms with Crippen molar-refractivity contribution in [2.75, 3.05) is 13.1 Å². The van der Waals surface area contributed by atoms with Crippen LogP contribution in [0.4, 0.5) is 0 Å². The zero-order valence-corrected chi connectivity index (χ0v) is 13.7. The first-order valence-electron chi connectivity index (χ1n) is 7.95. The second-order valence-electron chi connectivity index (χ2n) is 6.08. The molecule has 1 aliphatic rings. The Hall–Kier alpha value is -1.39. The minimum atomic E-state index is 0.657. The zero-order valence-electron chi connectivity index (χ0n) is 13.0. The van der Waals surface area contributed by atoms with E-state index in [1.807, 2.05) is 19.1 Å². The molecule has 0 saturated carbocycles. The van der Waals surface area contributed by atoms with Gasteiger partial charge in [-0.2, -0.15) is 4.98 Å². The molecule has 0 spiro atoms. The SMILES string of the molecule is Cc1nc(CCC2CCN(Cc3ccccc3Cl)CC2)no1. The van der Waals surface area contributed by atoms with Crippen LogP contribution >= 0.6 is 11.6 Å². The molecule has 0 aliphatic carbocycles. The van der Waals surface area contributed by atoms with Gasteiger partial charge in [-0.15, -0.1) is 0 Å². The van der Waals surface area contributed by atoms with Crippen molar-refractivity contribution < 1.29 is 4.52 Å². The molecule has 1 saturated heterocycles. The summed E-state index contributed by atoms with van der Waals surface area (Å²) in [4.78, 5) is 6.77. The summed E-state index contributed by atoms with van der Waals surface area (Å²) in [7, 11) is 0. The van der Waals surface area contributed by atoms with Crippen molar-refractivity contribution in [1.82, 2.24) is 15.0 Å². The molecule has 0 N–H and O–H groups in total. The molecule has 5 heteroatoms. The van der Waals surface area contributed by atoms with Crippen LogP contribution in [0.1, 0.15) is 36.5 Å². The molecular formula is C17H22ClN3O. The number of aromatic nitrogens is 2. The van der Waals surface area contributed by atoms with Gasteiger partial charge >= 0.3 is 0 Å². The minimum Gasteiger partial charge on any atom is -0.340 e. The van der Waals surface area contributed by atoms with Crippen molar-refractivity contribution in [1.29, 1.82) is 0 Å². The van der Waals surface area contributed by atoms with Crippen molar-refractivity contribution >= 4 is 11.6 Å². The quantitative estimate of drug-likeness (QED) is 0.839. The molecule has 1 aliphatic heterocycles. The highest BCUT2D eigenvalue weighted by Gasteiger charge is 2.20. The Morgan fingerprint density at radius 1 is 1.27 bits per heavy atom. The third-order valence-corrected chi connectivity index (χ3v) is 4.77. The van der Waals surface area contributed by atoms with Gasteiger partial charge < -0.3 is 4.52 Å². The van der Waals surface area contributed by atoms with Gasteiger partial charge in [-0.1, -0.05) is 35.0 Å². The highest BCUT2D eigenvalue weighted by atomic mass is 35.5. The van der Waals surface area contributed by atoms with E-state index in [0.29, 0.717) is 5.89 Å². The Labute approximate surface area is 136 Å². The van der Waals surface area contributed by atoms with Gasteiger partial charge in [0.1, 0.15) is 0 Å². The number of likely N-dealkylation sites (tertiary alicyclic amines) is 1. The van der Waals surface area contributed by atoms with E-state index in [-0.39, 0.29) is 0 Å². The molecule has 0 unspecified atom stereocenters. The van der Waals surface area contributed by atoms with E-state index < -0.39 is 0 Å². The second-order valence-corrected chi connectivity index (χ2v) is 6.49. The maximum absolute atomic E-state index is 6.24. The van der Waals surface area contributed by atoms with E-state index in [1.165, 1.54) is 18.4 Å². The van der Waals surface area contributed by atoms with E-state index in [9.17, 15) is 0 Å². The Morgan fingerprint density at radius 3 is 2.73 bits per heavy atom. The smallest absolute Gasteiger partial charge is 0.223 e. The monoisotopic (exact) mass is 319 g/mol. The fraction of sp³-hybridized carbons (Fsp3) is 0.529. The van der Waals surface area contributed by atoms with Crippen molar-refractivity contribution in [3.8, 4) is 0 Å². The van der Waals surface area contributed by atoms with Crippen LogP contribution in [0.2, 0.25) is 5.02 Å². The molecule has 1 aromatic heterocycles. The number of aryl methyl sites for hydroxylation is 2. The lowest BCUT2D eigenvalue weighted by Crippen LogP contribution is -2.33. The fourth-order valence-corrected chi connectivity index (χ4v) is 3.27. The van der Waals surface area contributed by atoms with Gasteiger partial charge in [-0.05, 0) is 49.9 Å². The molecule has 4 nitrogen and oxygen atoms in total. The lowest BCUT2D eigenvalue weighted by Gasteiger charge is -2.32. The summed E-state index contributed by atoms with van der Waals surface area (Å²) in [5, 5.41) is 4.84. The largest absolute Gasteiger partial charge is 0.340 e. The summed E-state index contributed by atoms with van der Waals surface area (Å²) in [6.45, 7) is 5.07. The van der Waals surface area contributed by atoms with Crippen LogP contribution in [-0.4, -0.2) is 28.1 Å². The molecule has 0 atom stereocenters. The van der Waals surface area contributed by atoms with Gasteiger partial charge in [0.25, 0.3) is 0 Å². The number of piperidine rings is 1. The van der Waals surface area contributed by atoms with E-state index in [0.717, 1.165) is 49.2 Å². The number of halogens is 1. The van der Waals surface area contributed by atoms with Crippen molar-refractivity contribution in [2.24, 2.45) is 5.92 Å². The molecule has 1 fully saturated rings. The number of benzene rings is 1. The Morgan fingerprint density at radius 2 is 2.05 bits per heavy atom. The molecule has 2 aromatic rings. The summed E-state index contributed by atoms with van der Waals surface area (Å²) in [5.74, 6) is 2.27. The first-order chi connectivity index (χ1) is 10.7. The van der Waals surface area contributed by atoms with Crippen LogP contribution in [-0.2, 0) is 13.0 Å². The van der Waals surface area contributed by atoms with Crippen LogP contribution in [0.15, 0.2) is 28.8 Å². The van der Waals surface area contributed by atoms with E-state index >= 15 is 0 Å². The highest BCUT2D eigenvalue weighted by Crippen LogP contribution is 2.24. The Bertz CT molecular complexity index is 605. The number of rotatable bonds is 5. The summed E-state index contributed by atoms with van der Waals surface area (Å²) < 4.78 is 5.02. The van der Waals surface area contributed by atoms with Gasteiger partial charge in [0.05, 0.1) is 0 Å². The zero-order chi connectivity index (χ0) is 15.4. The normalized spacial score (nSPS) is 17.0. The van der Waals surface area contributed by atoms with Crippen molar-refractivity contribution in [2.45, 2.75) is 39.2 Å². The third-order valence-electron chi connectivity index (χ3n) is 4.40. The maximum atomic E-state index is 6.24. The van der Waals surface area contributed by atoms with Crippen molar-refractivity contribution in [3.63, 3.8) is 0 Å². The van der Waals surface area contributed by atoms with E-state index in [4.69, 9.17) is 16.1 Å². The van der Waals surface area contributed by atoms with E-state index in [2.05, 4.69) is 27.2 Å². The summed E-state index contributed by atoms with van der Waals surface area (Å²) in [6, 6.07) is 8.13. The van der Waals surface area contributed by atoms with Crippen molar-refractivity contribution in [3.05, 3.63) is 46.6 Å². The van der Waals surface area contributed by atoms with Gasteiger partial charge in [0, 0.05) is 24.9 Å². The lowest BCUT2D eigenvalue weighted by atomic mass is 9.92. The predicted octanol–water partition coefficient (Wildman–Crippen LogP) is 3.88. The standard InChI is InChI=1S/C17H22ClN3O/c1-13-19-17(20-22-13)7-6-14-8-10-21(11-9-14)12-15-4-2-3-5-16(15)18/h2-5,14H,6-12H2,1H3.